The van der Waals surface area contributed by atoms with Gasteiger partial charge in [0.2, 0.25) is 0 Å². The molecule has 1 saturated heterocycles. The number of hydrogen-bond donors (Lipinski definition) is 0. The third kappa shape index (κ3) is 1.33. The van der Waals surface area contributed by atoms with Crippen LogP contribution in [0.2, 0.25) is 0 Å². The summed E-state index contributed by atoms with van der Waals surface area (Å²) in [6.45, 7) is 9.03. The van der Waals surface area contributed by atoms with Crippen LogP contribution in [0, 0.1) is 5.92 Å². The molecule has 2 unspecified atom stereocenters. The molecular formula is C8H14O. The first-order valence-electron chi connectivity index (χ1n) is 3.49. The maximum Gasteiger partial charge on any atom is 0.0806 e. The van der Waals surface area contributed by atoms with Crippen LogP contribution in [0.25, 0.3) is 0 Å². The first kappa shape index (κ1) is 6.81. The third-order valence-electron chi connectivity index (χ3n) is 1.87. The quantitative estimate of drug-likeness (QED) is 0.488. The highest BCUT2D eigenvalue weighted by Gasteiger charge is 2.23. The zero-order valence-electron chi connectivity index (χ0n) is 6.18. The van der Waals surface area contributed by atoms with E-state index in [1.807, 2.05) is 6.92 Å². The molecule has 1 aliphatic heterocycles. The van der Waals surface area contributed by atoms with Crippen molar-refractivity contribution >= 4 is 0 Å². The molecule has 0 aromatic carbocycles. The van der Waals surface area contributed by atoms with Crippen LogP contribution in [-0.2, 0) is 4.74 Å². The fourth-order valence-electron chi connectivity index (χ4n) is 1.32. The van der Waals surface area contributed by atoms with Crippen molar-refractivity contribution in [1.82, 2.24) is 0 Å². The Bertz CT molecular complexity index is 118. The summed E-state index contributed by atoms with van der Waals surface area (Å²) in [5, 5.41) is 0. The molecule has 2 atom stereocenters. The molecule has 0 aliphatic carbocycles. The van der Waals surface area contributed by atoms with Gasteiger partial charge < -0.3 is 4.74 Å². The first-order valence-corrected chi connectivity index (χ1v) is 3.49. The van der Waals surface area contributed by atoms with Crippen molar-refractivity contribution in [2.45, 2.75) is 26.4 Å². The van der Waals surface area contributed by atoms with Gasteiger partial charge in [-0.25, -0.2) is 0 Å². The largest absolute Gasteiger partial charge is 0.374 e. The lowest BCUT2D eigenvalue weighted by molar-refractivity contribution is 0.122. The lowest BCUT2D eigenvalue weighted by atomic mass is 10.00. The van der Waals surface area contributed by atoms with E-state index in [4.69, 9.17) is 4.74 Å². The molecule has 0 aromatic rings. The minimum atomic E-state index is 0.338. The molecule has 1 nitrogen and oxygen atoms in total. The first-order chi connectivity index (χ1) is 4.22. The van der Waals surface area contributed by atoms with Crippen molar-refractivity contribution in [3.8, 4) is 0 Å². The van der Waals surface area contributed by atoms with Gasteiger partial charge in [-0.1, -0.05) is 19.1 Å². The van der Waals surface area contributed by atoms with Crippen LogP contribution in [0.4, 0.5) is 0 Å². The van der Waals surface area contributed by atoms with E-state index < -0.39 is 0 Å². The second kappa shape index (κ2) is 2.53. The lowest BCUT2D eigenvalue weighted by Gasteiger charge is -2.12. The molecule has 1 heterocycles. The van der Waals surface area contributed by atoms with Crippen LogP contribution in [0.3, 0.4) is 0 Å². The zero-order chi connectivity index (χ0) is 6.85. The molecule has 0 bridgehead atoms. The van der Waals surface area contributed by atoms with E-state index in [9.17, 15) is 0 Å². The minimum absolute atomic E-state index is 0.338. The highest BCUT2D eigenvalue weighted by molar-refractivity contribution is 5.01. The molecule has 1 aliphatic rings. The van der Waals surface area contributed by atoms with Crippen LogP contribution in [0.1, 0.15) is 20.3 Å². The van der Waals surface area contributed by atoms with Crippen molar-refractivity contribution in [3.05, 3.63) is 12.2 Å². The van der Waals surface area contributed by atoms with E-state index in [1.54, 1.807) is 0 Å². The Morgan fingerprint density at radius 3 is 2.56 bits per heavy atom. The van der Waals surface area contributed by atoms with E-state index in [0.29, 0.717) is 12.0 Å². The van der Waals surface area contributed by atoms with Crippen molar-refractivity contribution in [3.63, 3.8) is 0 Å². The molecule has 0 radical (unpaired) electrons. The molecule has 1 heteroatoms. The van der Waals surface area contributed by atoms with E-state index in [0.717, 1.165) is 6.61 Å². The summed E-state index contributed by atoms with van der Waals surface area (Å²) in [4.78, 5) is 0. The zero-order valence-corrected chi connectivity index (χ0v) is 6.18. The maximum absolute atomic E-state index is 5.43. The SMILES string of the molecule is C=C(C)C1OCCC1C. The number of ether oxygens (including phenoxy) is 1. The Labute approximate surface area is 56.7 Å². The summed E-state index contributed by atoms with van der Waals surface area (Å²) in [7, 11) is 0. The summed E-state index contributed by atoms with van der Waals surface area (Å²) in [5.41, 5.74) is 1.17. The Kier molecular flexibility index (Phi) is 1.91. The summed E-state index contributed by atoms with van der Waals surface area (Å²) in [5.74, 6) is 0.683. The smallest absolute Gasteiger partial charge is 0.0806 e. The summed E-state index contributed by atoms with van der Waals surface area (Å²) in [6.07, 6.45) is 1.53. The van der Waals surface area contributed by atoms with Crippen molar-refractivity contribution in [1.29, 1.82) is 0 Å². The van der Waals surface area contributed by atoms with E-state index in [-0.39, 0.29) is 0 Å². The highest BCUT2D eigenvalue weighted by Crippen LogP contribution is 2.24. The normalized spacial score (nSPS) is 34.9. The molecule has 1 fully saturated rings. The molecule has 1 rings (SSSR count). The number of hydrogen-bond acceptors (Lipinski definition) is 1. The van der Waals surface area contributed by atoms with Gasteiger partial charge in [0.1, 0.15) is 0 Å². The summed E-state index contributed by atoms with van der Waals surface area (Å²) >= 11 is 0. The van der Waals surface area contributed by atoms with Gasteiger partial charge in [0.15, 0.2) is 0 Å². The summed E-state index contributed by atoms with van der Waals surface area (Å²) in [6, 6.07) is 0. The number of rotatable bonds is 1. The van der Waals surface area contributed by atoms with Crippen molar-refractivity contribution < 1.29 is 4.74 Å². The second-order valence-corrected chi connectivity index (χ2v) is 2.90. The van der Waals surface area contributed by atoms with Gasteiger partial charge in [0, 0.05) is 6.61 Å². The molecule has 0 N–H and O–H groups in total. The molecule has 0 saturated carbocycles. The third-order valence-corrected chi connectivity index (χ3v) is 1.87. The van der Waals surface area contributed by atoms with Gasteiger partial charge in [-0.2, -0.15) is 0 Å². The van der Waals surface area contributed by atoms with Crippen LogP contribution in [-0.4, -0.2) is 12.7 Å². The molecule has 0 aromatic heterocycles. The standard InChI is InChI=1S/C8H14O/c1-6(2)8-7(3)4-5-9-8/h7-8H,1,4-5H2,2-3H3. The topological polar surface area (TPSA) is 9.23 Å². The van der Waals surface area contributed by atoms with Gasteiger partial charge in [-0.3, -0.25) is 0 Å². The van der Waals surface area contributed by atoms with Gasteiger partial charge in [0.25, 0.3) is 0 Å². The Balaban J connectivity index is 2.49. The molecule has 9 heavy (non-hydrogen) atoms. The van der Waals surface area contributed by atoms with Gasteiger partial charge in [0.05, 0.1) is 6.10 Å². The average molecular weight is 126 g/mol. The maximum atomic E-state index is 5.43. The van der Waals surface area contributed by atoms with Gasteiger partial charge in [-0.05, 0) is 19.3 Å². The van der Waals surface area contributed by atoms with Crippen molar-refractivity contribution in [2.75, 3.05) is 6.61 Å². The minimum Gasteiger partial charge on any atom is -0.374 e. The Hall–Kier alpha value is -0.300. The monoisotopic (exact) mass is 126 g/mol. The van der Waals surface area contributed by atoms with E-state index in [1.165, 1.54) is 12.0 Å². The predicted octanol–water partition coefficient (Wildman–Crippen LogP) is 1.99. The fourth-order valence-corrected chi connectivity index (χ4v) is 1.32. The fraction of sp³-hybridized carbons (Fsp3) is 0.750. The van der Waals surface area contributed by atoms with E-state index in [2.05, 4.69) is 13.5 Å². The van der Waals surface area contributed by atoms with Crippen LogP contribution >= 0.6 is 0 Å². The van der Waals surface area contributed by atoms with Crippen molar-refractivity contribution in [2.24, 2.45) is 5.92 Å². The van der Waals surface area contributed by atoms with Crippen LogP contribution < -0.4 is 0 Å². The molecular weight excluding hydrogens is 112 g/mol. The second-order valence-electron chi connectivity index (χ2n) is 2.90. The average Bonchev–Trinajstić information content (AvgIpc) is 2.13. The molecule has 0 amide bonds. The van der Waals surface area contributed by atoms with Gasteiger partial charge >= 0.3 is 0 Å². The molecule has 52 valence electrons. The van der Waals surface area contributed by atoms with Gasteiger partial charge in [-0.15, -0.1) is 0 Å². The Morgan fingerprint density at radius 2 is 2.33 bits per heavy atom. The van der Waals surface area contributed by atoms with Crippen LogP contribution in [0.15, 0.2) is 12.2 Å². The molecule has 0 spiro atoms. The van der Waals surface area contributed by atoms with E-state index >= 15 is 0 Å². The Morgan fingerprint density at radius 1 is 1.67 bits per heavy atom. The highest BCUT2D eigenvalue weighted by atomic mass is 16.5. The lowest BCUT2D eigenvalue weighted by Crippen LogP contribution is -2.13. The van der Waals surface area contributed by atoms with Crippen LogP contribution in [0.5, 0.6) is 0 Å². The predicted molar refractivity (Wildman–Crippen MR) is 38.3 cm³/mol. The summed E-state index contributed by atoms with van der Waals surface area (Å²) < 4.78 is 5.43.